The summed E-state index contributed by atoms with van der Waals surface area (Å²) in [6.07, 6.45) is -0.632. The Morgan fingerprint density at radius 2 is 1.89 bits per heavy atom. The molecule has 0 unspecified atom stereocenters. The number of methoxy groups -OCH3 is 1. The van der Waals surface area contributed by atoms with Crippen molar-refractivity contribution in [2.75, 3.05) is 12.4 Å². The third-order valence-corrected chi connectivity index (χ3v) is 2.12. The lowest BCUT2D eigenvalue weighted by Gasteiger charge is -2.20. The van der Waals surface area contributed by atoms with Crippen molar-refractivity contribution in [3.05, 3.63) is 23.8 Å². The molecule has 0 heterocycles. The molecule has 0 atom stereocenters. The number of carbonyl (C=O) groups is 2. The van der Waals surface area contributed by atoms with Crippen molar-refractivity contribution in [1.29, 1.82) is 0 Å². The predicted octanol–water partition coefficient (Wildman–Crippen LogP) is 2.14. The lowest BCUT2D eigenvalue weighted by Crippen LogP contribution is -2.27. The van der Waals surface area contributed by atoms with E-state index in [0.717, 1.165) is 0 Å². The number of amides is 2. The smallest absolute Gasteiger partial charge is 0.412 e. The van der Waals surface area contributed by atoms with Gasteiger partial charge in [0.2, 0.25) is 5.91 Å². The first-order chi connectivity index (χ1) is 8.73. The van der Waals surface area contributed by atoms with Crippen LogP contribution in [0.2, 0.25) is 0 Å². The molecular weight excluding hydrogens is 248 g/mol. The van der Waals surface area contributed by atoms with Gasteiger partial charge in [0.25, 0.3) is 0 Å². The Hall–Kier alpha value is -2.24. The Morgan fingerprint density at radius 1 is 1.26 bits per heavy atom. The maximum absolute atomic E-state index is 11.7. The zero-order chi connectivity index (χ0) is 14.6. The summed E-state index contributed by atoms with van der Waals surface area (Å²) in [7, 11) is 1.46. The minimum absolute atomic E-state index is 0.270. The van der Waals surface area contributed by atoms with Crippen LogP contribution < -0.4 is 15.8 Å². The van der Waals surface area contributed by atoms with Crippen LogP contribution in [0.1, 0.15) is 31.1 Å². The summed E-state index contributed by atoms with van der Waals surface area (Å²) in [6, 6.07) is 4.50. The van der Waals surface area contributed by atoms with Gasteiger partial charge in [-0.25, -0.2) is 4.79 Å². The van der Waals surface area contributed by atoms with Gasteiger partial charge in [0.15, 0.2) is 0 Å². The van der Waals surface area contributed by atoms with E-state index in [1.165, 1.54) is 19.2 Å². The highest BCUT2D eigenvalue weighted by atomic mass is 16.6. The number of rotatable bonds is 3. The van der Waals surface area contributed by atoms with Crippen molar-refractivity contribution in [3.8, 4) is 5.75 Å². The number of nitrogens with two attached hydrogens (primary N) is 1. The first-order valence-electron chi connectivity index (χ1n) is 5.71. The molecule has 0 aromatic heterocycles. The molecule has 0 radical (unpaired) electrons. The van der Waals surface area contributed by atoms with Crippen molar-refractivity contribution in [2.24, 2.45) is 5.73 Å². The number of benzene rings is 1. The standard InChI is InChI=1S/C13H18N2O4/c1-13(2,3)19-12(17)15-9-7-8(11(14)16)5-6-10(9)18-4/h5-7H,1-4H3,(H2,14,16)(H,15,17). The van der Waals surface area contributed by atoms with E-state index >= 15 is 0 Å². The lowest BCUT2D eigenvalue weighted by molar-refractivity contribution is 0.0635. The summed E-state index contributed by atoms with van der Waals surface area (Å²) in [6.45, 7) is 5.26. The van der Waals surface area contributed by atoms with Gasteiger partial charge in [-0.05, 0) is 39.0 Å². The summed E-state index contributed by atoms with van der Waals surface area (Å²) in [5.41, 5.74) is 5.17. The summed E-state index contributed by atoms with van der Waals surface area (Å²) in [5, 5.41) is 2.52. The van der Waals surface area contributed by atoms with E-state index in [4.69, 9.17) is 15.2 Å². The molecule has 0 aliphatic carbocycles. The van der Waals surface area contributed by atoms with Crippen LogP contribution in [-0.2, 0) is 4.74 Å². The number of anilines is 1. The van der Waals surface area contributed by atoms with Gasteiger partial charge in [0.1, 0.15) is 11.4 Å². The molecule has 0 saturated heterocycles. The van der Waals surface area contributed by atoms with Crippen molar-refractivity contribution in [1.82, 2.24) is 0 Å². The number of nitrogens with one attached hydrogen (secondary N) is 1. The maximum Gasteiger partial charge on any atom is 0.412 e. The van der Waals surface area contributed by atoms with Crippen LogP contribution >= 0.6 is 0 Å². The number of hydrogen-bond acceptors (Lipinski definition) is 4. The zero-order valence-corrected chi connectivity index (χ0v) is 11.4. The van der Waals surface area contributed by atoms with Crippen LogP contribution in [0, 0.1) is 0 Å². The molecule has 3 N–H and O–H groups in total. The van der Waals surface area contributed by atoms with Gasteiger partial charge in [-0.3, -0.25) is 10.1 Å². The predicted molar refractivity (Wildman–Crippen MR) is 71.4 cm³/mol. The molecule has 1 aromatic rings. The monoisotopic (exact) mass is 266 g/mol. The summed E-state index contributed by atoms with van der Waals surface area (Å²) < 4.78 is 10.2. The summed E-state index contributed by atoms with van der Waals surface area (Å²) in [4.78, 5) is 22.8. The van der Waals surface area contributed by atoms with Crippen LogP contribution in [-0.4, -0.2) is 24.7 Å². The van der Waals surface area contributed by atoms with E-state index in [1.54, 1.807) is 26.8 Å². The second kappa shape index (κ2) is 5.60. The minimum atomic E-state index is -0.632. The average Bonchev–Trinajstić information content (AvgIpc) is 2.26. The van der Waals surface area contributed by atoms with E-state index in [9.17, 15) is 9.59 Å². The molecule has 0 bridgehead atoms. The third-order valence-electron chi connectivity index (χ3n) is 2.12. The van der Waals surface area contributed by atoms with Crippen molar-refractivity contribution in [3.63, 3.8) is 0 Å². The SMILES string of the molecule is COc1ccc(C(N)=O)cc1NC(=O)OC(C)(C)C. The number of hydrogen-bond donors (Lipinski definition) is 2. The van der Waals surface area contributed by atoms with Crippen molar-refractivity contribution < 1.29 is 19.1 Å². The quantitative estimate of drug-likeness (QED) is 0.876. The molecule has 2 amide bonds. The normalized spacial score (nSPS) is 10.7. The second-order valence-corrected chi connectivity index (χ2v) is 4.91. The fourth-order valence-corrected chi connectivity index (χ4v) is 1.37. The van der Waals surface area contributed by atoms with Crippen molar-refractivity contribution >= 4 is 17.7 Å². The zero-order valence-electron chi connectivity index (χ0n) is 11.4. The van der Waals surface area contributed by atoms with E-state index < -0.39 is 17.6 Å². The van der Waals surface area contributed by atoms with Gasteiger partial charge in [0.05, 0.1) is 12.8 Å². The minimum Gasteiger partial charge on any atom is -0.495 e. The summed E-state index contributed by atoms with van der Waals surface area (Å²) in [5.74, 6) is -0.175. The highest BCUT2D eigenvalue weighted by Crippen LogP contribution is 2.26. The number of carbonyl (C=O) groups excluding carboxylic acids is 2. The molecule has 0 fully saturated rings. The Kier molecular flexibility index (Phi) is 4.37. The van der Waals surface area contributed by atoms with Crippen LogP contribution in [0.15, 0.2) is 18.2 Å². The first-order valence-corrected chi connectivity index (χ1v) is 5.71. The topological polar surface area (TPSA) is 90.6 Å². The van der Waals surface area contributed by atoms with Crippen LogP contribution in [0.3, 0.4) is 0 Å². The van der Waals surface area contributed by atoms with Crippen LogP contribution in [0.25, 0.3) is 0 Å². The van der Waals surface area contributed by atoms with Gasteiger partial charge in [-0.15, -0.1) is 0 Å². The molecule has 1 rings (SSSR count). The van der Waals surface area contributed by atoms with Gasteiger partial charge in [-0.2, -0.15) is 0 Å². The number of ether oxygens (including phenoxy) is 2. The Bertz CT molecular complexity index is 492. The number of primary amides is 1. The molecule has 6 nitrogen and oxygen atoms in total. The summed E-state index contributed by atoms with van der Waals surface area (Å²) >= 11 is 0. The molecule has 0 aliphatic heterocycles. The fourth-order valence-electron chi connectivity index (χ4n) is 1.37. The molecular formula is C13H18N2O4. The van der Waals surface area contributed by atoms with Crippen LogP contribution in [0.5, 0.6) is 5.75 Å². The van der Waals surface area contributed by atoms with Gasteiger partial charge in [-0.1, -0.05) is 0 Å². The Labute approximate surface area is 111 Å². The molecule has 6 heteroatoms. The van der Waals surface area contributed by atoms with Gasteiger partial charge in [0, 0.05) is 5.56 Å². The van der Waals surface area contributed by atoms with E-state index in [2.05, 4.69) is 5.32 Å². The highest BCUT2D eigenvalue weighted by molar-refractivity contribution is 5.96. The maximum atomic E-state index is 11.7. The molecule has 0 spiro atoms. The molecule has 0 aliphatic rings. The fraction of sp³-hybridized carbons (Fsp3) is 0.385. The Balaban J connectivity index is 2.95. The van der Waals surface area contributed by atoms with E-state index in [-0.39, 0.29) is 5.56 Å². The van der Waals surface area contributed by atoms with E-state index in [1.807, 2.05) is 0 Å². The molecule has 104 valence electrons. The largest absolute Gasteiger partial charge is 0.495 e. The lowest BCUT2D eigenvalue weighted by atomic mass is 10.1. The molecule has 0 saturated carbocycles. The second-order valence-electron chi connectivity index (χ2n) is 4.91. The van der Waals surface area contributed by atoms with Gasteiger partial charge < -0.3 is 15.2 Å². The van der Waals surface area contributed by atoms with Gasteiger partial charge >= 0.3 is 6.09 Å². The highest BCUT2D eigenvalue weighted by Gasteiger charge is 2.18. The molecule has 19 heavy (non-hydrogen) atoms. The van der Waals surface area contributed by atoms with E-state index in [0.29, 0.717) is 11.4 Å². The van der Waals surface area contributed by atoms with Crippen LogP contribution in [0.4, 0.5) is 10.5 Å². The Morgan fingerprint density at radius 3 is 2.37 bits per heavy atom. The van der Waals surface area contributed by atoms with Crippen molar-refractivity contribution in [2.45, 2.75) is 26.4 Å². The third kappa shape index (κ3) is 4.50. The first kappa shape index (κ1) is 14.8. The average molecular weight is 266 g/mol. The molecule has 1 aromatic carbocycles.